The summed E-state index contributed by atoms with van der Waals surface area (Å²) in [5.74, 6) is -3.94. The molecule has 2 N–H and O–H groups in total. The zero-order valence-electron chi connectivity index (χ0n) is 19.2. The average molecular weight is 510 g/mol. The highest BCUT2D eigenvalue weighted by Crippen LogP contribution is 2.55. The standard InChI is InChI=1S/C25H21F2N5O3S/c1-24(13-28)7-8-35-20-6-5-14(9-15(20)24)22(34)29-11-21(33)32-23-31-19(12-36-23)18-4-2-3-17(30-18)16-10-25(16,26)27/h2-6,9,12,16H,7-8,10-11H2,1H3,(H,29,34)(H,31,32,33)/t16-,24-/m0/s1. The molecule has 1 aliphatic heterocycles. The summed E-state index contributed by atoms with van der Waals surface area (Å²) in [6.07, 6.45) is 0.317. The Hall–Kier alpha value is -3.91. The van der Waals surface area contributed by atoms with Gasteiger partial charge in [0.25, 0.3) is 11.8 Å². The molecule has 1 aromatic carbocycles. The smallest absolute Gasteiger partial charge is 0.257 e. The van der Waals surface area contributed by atoms with Gasteiger partial charge in [0, 0.05) is 29.3 Å². The minimum absolute atomic E-state index is 0.204. The monoisotopic (exact) mass is 509 g/mol. The van der Waals surface area contributed by atoms with Crippen molar-refractivity contribution in [1.29, 1.82) is 5.26 Å². The van der Waals surface area contributed by atoms with Crippen LogP contribution < -0.4 is 15.4 Å². The lowest BCUT2D eigenvalue weighted by Crippen LogP contribution is -2.33. The molecule has 2 aromatic heterocycles. The molecule has 0 spiro atoms. The summed E-state index contributed by atoms with van der Waals surface area (Å²) in [4.78, 5) is 33.6. The highest BCUT2D eigenvalue weighted by Gasteiger charge is 2.58. The number of nitriles is 1. The van der Waals surface area contributed by atoms with Crippen molar-refractivity contribution in [2.45, 2.75) is 37.0 Å². The van der Waals surface area contributed by atoms with E-state index in [1.165, 1.54) is 0 Å². The predicted octanol–water partition coefficient (Wildman–Crippen LogP) is 4.26. The normalized spacial score (nSPS) is 21.4. The first-order chi connectivity index (χ1) is 17.2. The Balaban J connectivity index is 1.19. The Bertz CT molecular complexity index is 1400. The van der Waals surface area contributed by atoms with E-state index in [0.717, 1.165) is 11.3 Å². The maximum absolute atomic E-state index is 13.4. The number of carbonyl (C=O) groups excluding carboxylic acids is 2. The van der Waals surface area contributed by atoms with Gasteiger partial charge in [-0.05, 0) is 37.3 Å². The van der Waals surface area contributed by atoms with Crippen LogP contribution in [-0.2, 0) is 10.2 Å². The maximum Gasteiger partial charge on any atom is 0.257 e. The van der Waals surface area contributed by atoms with E-state index in [-0.39, 0.29) is 13.0 Å². The number of halogens is 2. The lowest BCUT2D eigenvalue weighted by Gasteiger charge is -2.30. The fraction of sp³-hybridized carbons (Fsp3) is 0.320. The van der Waals surface area contributed by atoms with E-state index in [2.05, 4.69) is 26.7 Å². The van der Waals surface area contributed by atoms with Crippen molar-refractivity contribution in [3.63, 3.8) is 0 Å². The van der Waals surface area contributed by atoms with Crippen LogP contribution in [0, 0.1) is 11.3 Å². The highest BCUT2D eigenvalue weighted by atomic mass is 32.1. The molecule has 2 atom stereocenters. The quantitative estimate of drug-likeness (QED) is 0.513. The SMILES string of the molecule is C[C@@]1(C#N)CCOc2ccc(C(=O)NCC(=O)Nc3nc(-c4cccc([C@@H]5CC5(F)F)n4)cs3)cc21. The van der Waals surface area contributed by atoms with Crippen molar-refractivity contribution in [1.82, 2.24) is 15.3 Å². The number of nitrogens with one attached hydrogen (secondary N) is 2. The molecular weight excluding hydrogens is 488 g/mol. The maximum atomic E-state index is 13.4. The van der Waals surface area contributed by atoms with Crippen LogP contribution in [0.25, 0.3) is 11.4 Å². The van der Waals surface area contributed by atoms with Crippen LogP contribution in [0.3, 0.4) is 0 Å². The number of pyridine rings is 1. The van der Waals surface area contributed by atoms with Gasteiger partial charge in [0.05, 0.1) is 41.9 Å². The van der Waals surface area contributed by atoms with Gasteiger partial charge in [0.1, 0.15) is 11.4 Å². The summed E-state index contributed by atoms with van der Waals surface area (Å²) in [7, 11) is 0. The number of ether oxygens (including phenoxy) is 1. The molecule has 0 saturated heterocycles. The Kier molecular flexibility index (Phi) is 5.92. The number of benzene rings is 1. The molecule has 3 aromatic rings. The molecular formula is C25H21F2N5O3S. The minimum atomic E-state index is -2.71. The van der Waals surface area contributed by atoms with Crippen LogP contribution in [0.1, 0.15) is 47.3 Å². The Morgan fingerprint density at radius 3 is 2.81 bits per heavy atom. The molecule has 8 nitrogen and oxygen atoms in total. The molecule has 2 aliphatic rings. The predicted molar refractivity (Wildman–Crippen MR) is 128 cm³/mol. The number of fused-ring (bicyclic) bond motifs is 1. The molecule has 11 heteroatoms. The van der Waals surface area contributed by atoms with Gasteiger partial charge in [0.2, 0.25) is 5.91 Å². The molecule has 0 bridgehead atoms. The van der Waals surface area contributed by atoms with Gasteiger partial charge in [-0.15, -0.1) is 11.3 Å². The van der Waals surface area contributed by atoms with Crippen LogP contribution in [0.15, 0.2) is 41.8 Å². The van der Waals surface area contributed by atoms with Crippen molar-refractivity contribution >= 4 is 28.3 Å². The molecule has 2 amide bonds. The van der Waals surface area contributed by atoms with E-state index in [1.807, 2.05) is 0 Å². The first kappa shape index (κ1) is 23.8. The van der Waals surface area contributed by atoms with E-state index in [9.17, 15) is 23.6 Å². The topological polar surface area (TPSA) is 117 Å². The van der Waals surface area contributed by atoms with Crippen molar-refractivity contribution in [3.8, 4) is 23.2 Å². The number of thiazole rings is 1. The van der Waals surface area contributed by atoms with Crippen LogP contribution >= 0.6 is 11.3 Å². The van der Waals surface area contributed by atoms with Crippen LogP contribution in [0.2, 0.25) is 0 Å². The number of rotatable bonds is 6. The van der Waals surface area contributed by atoms with Gasteiger partial charge in [-0.2, -0.15) is 5.26 Å². The third-order valence-corrected chi connectivity index (χ3v) is 7.08. The Morgan fingerprint density at radius 2 is 2.06 bits per heavy atom. The Morgan fingerprint density at radius 1 is 1.25 bits per heavy atom. The van der Waals surface area contributed by atoms with Gasteiger partial charge in [-0.25, -0.2) is 13.8 Å². The molecule has 5 rings (SSSR count). The van der Waals surface area contributed by atoms with Gasteiger partial charge < -0.3 is 15.4 Å². The minimum Gasteiger partial charge on any atom is -0.493 e. The van der Waals surface area contributed by atoms with Crippen molar-refractivity contribution in [3.05, 3.63) is 58.6 Å². The van der Waals surface area contributed by atoms with Gasteiger partial charge in [-0.3, -0.25) is 14.6 Å². The Labute approximate surface area is 209 Å². The molecule has 1 aliphatic carbocycles. The van der Waals surface area contributed by atoms with Gasteiger partial charge in [0.15, 0.2) is 5.13 Å². The second kappa shape index (κ2) is 8.95. The number of carbonyl (C=O) groups is 2. The van der Waals surface area contributed by atoms with Crippen LogP contribution in [-0.4, -0.2) is 40.9 Å². The first-order valence-corrected chi connectivity index (χ1v) is 12.1. The summed E-state index contributed by atoms with van der Waals surface area (Å²) in [6.45, 7) is 1.94. The summed E-state index contributed by atoms with van der Waals surface area (Å²) < 4.78 is 32.3. The number of anilines is 1. The number of nitrogens with zero attached hydrogens (tertiary/aromatic N) is 3. The van der Waals surface area contributed by atoms with E-state index in [1.54, 1.807) is 48.7 Å². The van der Waals surface area contributed by atoms with Crippen LogP contribution in [0.4, 0.5) is 13.9 Å². The second-order valence-corrected chi connectivity index (χ2v) is 9.85. The van der Waals surface area contributed by atoms with E-state index < -0.39 is 29.1 Å². The summed E-state index contributed by atoms with van der Waals surface area (Å²) in [6, 6.07) is 12.1. The molecule has 1 fully saturated rings. The highest BCUT2D eigenvalue weighted by molar-refractivity contribution is 7.14. The first-order valence-electron chi connectivity index (χ1n) is 11.3. The number of alkyl halides is 2. The largest absolute Gasteiger partial charge is 0.493 e. The average Bonchev–Trinajstić information content (AvgIpc) is 3.28. The molecule has 36 heavy (non-hydrogen) atoms. The van der Waals surface area contributed by atoms with Gasteiger partial charge in [-0.1, -0.05) is 6.07 Å². The fourth-order valence-electron chi connectivity index (χ4n) is 4.04. The zero-order valence-corrected chi connectivity index (χ0v) is 20.0. The molecule has 0 radical (unpaired) electrons. The molecule has 0 unspecified atom stereocenters. The van der Waals surface area contributed by atoms with Crippen molar-refractivity contribution in [2.24, 2.45) is 0 Å². The lowest BCUT2D eigenvalue weighted by atomic mass is 9.78. The third kappa shape index (κ3) is 4.64. The van der Waals surface area contributed by atoms with E-state index in [4.69, 9.17) is 4.74 Å². The summed E-state index contributed by atoms with van der Waals surface area (Å²) >= 11 is 1.16. The van der Waals surface area contributed by atoms with Crippen molar-refractivity contribution < 1.29 is 23.1 Å². The van der Waals surface area contributed by atoms with Crippen molar-refractivity contribution in [2.75, 3.05) is 18.5 Å². The van der Waals surface area contributed by atoms with E-state index in [0.29, 0.717) is 52.1 Å². The third-order valence-electron chi connectivity index (χ3n) is 6.32. The fourth-order valence-corrected chi connectivity index (χ4v) is 4.76. The number of amides is 2. The number of aromatic nitrogens is 2. The molecule has 184 valence electrons. The van der Waals surface area contributed by atoms with Gasteiger partial charge >= 0.3 is 0 Å². The summed E-state index contributed by atoms with van der Waals surface area (Å²) in [5, 5.41) is 16.7. The van der Waals surface area contributed by atoms with E-state index >= 15 is 0 Å². The second-order valence-electron chi connectivity index (χ2n) is 8.99. The summed E-state index contributed by atoms with van der Waals surface area (Å²) in [5.41, 5.74) is 1.44. The number of hydrogen-bond donors (Lipinski definition) is 2. The lowest BCUT2D eigenvalue weighted by molar-refractivity contribution is -0.115. The molecule has 1 saturated carbocycles. The van der Waals surface area contributed by atoms with Crippen LogP contribution in [0.5, 0.6) is 5.75 Å². The molecule has 3 heterocycles. The number of hydrogen-bond acceptors (Lipinski definition) is 7. The zero-order chi connectivity index (χ0) is 25.5.